The third kappa shape index (κ3) is 6.97. The smallest absolute Gasteiger partial charge is 0.325 e. The van der Waals surface area contributed by atoms with Crippen molar-refractivity contribution in [3.8, 4) is 11.8 Å². The Morgan fingerprint density at radius 2 is 2.00 bits per heavy atom. The number of nitriles is 1. The van der Waals surface area contributed by atoms with Crippen molar-refractivity contribution in [2.45, 2.75) is 32.6 Å². The number of ketones is 1. The Bertz CT molecular complexity index is 917. The Morgan fingerprint density at radius 3 is 2.60 bits per heavy atom. The maximum absolute atomic E-state index is 12.1. The molecule has 1 heterocycles. The van der Waals surface area contributed by atoms with Crippen LogP contribution in [0.3, 0.4) is 0 Å². The number of aryl methyl sites for hydroxylation is 1. The molecular weight excluding hydrogens is 406 g/mol. The average Bonchev–Trinajstić information content (AvgIpc) is 3.17. The van der Waals surface area contributed by atoms with Crippen molar-refractivity contribution in [2.24, 2.45) is 0 Å². The molecule has 30 heavy (non-hydrogen) atoms. The number of aromatic nitrogens is 1. The fraction of sp³-hybridized carbons (Fsp3) is 0.381. The summed E-state index contributed by atoms with van der Waals surface area (Å²) in [6.07, 6.45) is 1.98. The number of nitrogens with zero attached hydrogens (tertiary/aromatic N) is 2. The third-order valence-electron chi connectivity index (χ3n) is 3.99. The SMILES string of the molecule is CCCCOc1ccc(C(=O)NCC(=O)OCC(=O)C(C#N)c2nc(C)cs2)cc1. The van der Waals surface area contributed by atoms with E-state index >= 15 is 0 Å². The van der Waals surface area contributed by atoms with Gasteiger partial charge < -0.3 is 14.8 Å². The minimum atomic E-state index is -1.08. The largest absolute Gasteiger partial charge is 0.494 e. The first-order chi connectivity index (χ1) is 14.4. The Morgan fingerprint density at radius 1 is 1.27 bits per heavy atom. The van der Waals surface area contributed by atoms with Gasteiger partial charge in [-0.05, 0) is 37.6 Å². The van der Waals surface area contributed by atoms with Gasteiger partial charge >= 0.3 is 5.97 Å². The van der Waals surface area contributed by atoms with Crippen LogP contribution in [-0.4, -0.2) is 42.4 Å². The van der Waals surface area contributed by atoms with Gasteiger partial charge in [-0.1, -0.05) is 13.3 Å². The number of nitrogens with one attached hydrogen (secondary N) is 1. The highest BCUT2D eigenvalue weighted by Gasteiger charge is 2.24. The third-order valence-corrected chi connectivity index (χ3v) is 5.01. The van der Waals surface area contributed by atoms with Gasteiger partial charge in [-0.25, -0.2) is 4.98 Å². The standard InChI is InChI=1S/C21H23N3O5S/c1-3-4-9-28-16-7-5-15(6-8-16)20(27)23-11-19(26)29-12-18(25)17(10-22)21-24-14(2)13-30-21/h5-8,13,17H,3-4,9,11-12H2,1-2H3,(H,23,27). The molecule has 9 heteroatoms. The molecule has 1 atom stereocenters. The summed E-state index contributed by atoms with van der Waals surface area (Å²) >= 11 is 1.20. The van der Waals surface area contributed by atoms with Crippen LogP contribution in [0.2, 0.25) is 0 Å². The summed E-state index contributed by atoms with van der Waals surface area (Å²) in [6.45, 7) is 3.49. The highest BCUT2D eigenvalue weighted by molar-refractivity contribution is 7.09. The molecule has 2 rings (SSSR count). The van der Waals surface area contributed by atoms with Gasteiger partial charge in [0.1, 0.15) is 17.3 Å². The normalized spacial score (nSPS) is 11.2. The highest BCUT2D eigenvalue weighted by atomic mass is 32.1. The molecule has 0 bridgehead atoms. The number of ether oxygens (including phenoxy) is 2. The van der Waals surface area contributed by atoms with Crippen molar-refractivity contribution in [2.75, 3.05) is 19.8 Å². The molecule has 0 spiro atoms. The summed E-state index contributed by atoms with van der Waals surface area (Å²) in [6, 6.07) is 8.44. The number of Topliss-reactive ketones (excluding diaryl/α,β-unsaturated/α-hetero) is 1. The molecule has 0 saturated carbocycles. The van der Waals surface area contributed by atoms with Crippen LogP contribution < -0.4 is 10.1 Å². The van der Waals surface area contributed by atoms with Crippen LogP contribution >= 0.6 is 11.3 Å². The van der Waals surface area contributed by atoms with Gasteiger partial charge in [0.15, 0.2) is 18.3 Å². The molecular formula is C21H23N3O5S. The van der Waals surface area contributed by atoms with Crippen LogP contribution in [0.15, 0.2) is 29.6 Å². The Balaban J connectivity index is 1.76. The predicted octanol–water partition coefficient (Wildman–Crippen LogP) is 2.78. The van der Waals surface area contributed by atoms with Gasteiger partial charge in [-0.15, -0.1) is 11.3 Å². The van der Waals surface area contributed by atoms with Crippen LogP contribution in [0.5, 0.6) is 5.75 Å². The number of hydrogen-bond acceptors (Lipinski definition) is 8. The van der Waals surface area contributed by atoms with Gasteiger partial charge in [0, 0.05) is 16.6 Å². The van der Waals surface area contributed by atoms with Gasteiger partial charge in [-0.3, -0.25) is 14.4 Å². The molecule has 1 N–H and O–H groups in total. The van der Waals surface area contributed by atoms with E-state index in [0.29, 0.717) is 28.6 Å². The van der Waals surface area contributed by atoms with Crippen LogP contribution in [0.25, 0.3) is 0 Å². The van der Waals surface area contributed by atoms with E-state index in [1.54, 1.807) is 36.6 Å². The molecule has 2 aromatic rings. The van der Waals surface area contributed by atoms with Crippen LogP contribution in [0.1, 0.15) is 46.7 Å². The number of thiazole rings is 1. The Hall–Kier alpha value is -3.25. The van der Waals surface area contributed by atoms with Crippen molar-refractivity contribution in [3.05, 3.63) is 45.9 Å². The lowest BCUT2D eigenvalue weighted by atomic mass is 10.1. The van der Waals surface area contributed by atoms with E-state index in [1.807, 2.05) is 6.07 Å². The topological polar surface area (TPSA) is 118 Å². The van der Waals surface area contributed by atoms with E-state index in [9.17, 15) is 19.6 Å². The van der Waals surface area contributed by atoms with E-state index in [4.69, 9.17) is 9.47 Å². The molecule has 0 aliphatic carbocycles. The molecule has 0 aliphatic rings. The number of benzene rings is 1. The zero-order valence-corrected chi connectivity index (χ0v) is 17.7. The zero-order valence-electron chi connectivity index (χ0n) is 16.8. The molecule has 0 radical (unpaired) electrons. The molecule has 0 aliphatic heterocycles. The monoisotopic (exact) mass is 429 g/mol. The van der Waals surface area contributed by atoms with Gasteiger partial charge in [0.05, 0.1) is 12.7 Å². The molecule has 0 fully saturated rings. The van der Waals surface area contributed by atoms with E-state index < -0.39 is 36.7 Å². The molecule has 0 saturated heterocycles. The molecule has 1 amide bonds. The number of esters is 1. The quantitative estimate of drug-likeness (QED) is 0.431. The number of carbonyl (C=O) groups is 3. The maximum atomic E-state index is 12.1. The number of amides is 1. The first-order valence-corrected chi connectivity index (χ1v) is 10.3. The molecule has 1 unspecified atom stereocenters. The second-order valence-electron chi connectivity index (χ2n) is 6.43. The molecule has 158 valence electrons. The fourth-order valence-corrected chi connectivity index (χ4v) is 3.21. The number of hydrogen-bond donors (Lipinski definition) is 1. The lowest BCUT2D eigenvalue weighted by Crippen LogP contribution is -2.32. The van der Waals surface area contributed by atoms with Crippen molar-refractivity contribution in [1.82, 2.24) is 10.3 Å². The van der Waals surface area contributed by atoms with Crippen LogP contribution in [-0.2, 0) is 14.3 Å². The first-order valence-electron chi connectivity index (χ1n) is 9.45. The minimum Gasteiger partial charge on any atom is -0.494 e. The summed E-state index contributed by atoms with van der Waals surface area (Å²) in [5.41, 5.74) is 1.08. The number of rotatable bonds is 11. The molecule has 8 nitrogen and oxygen atoms in total. The Labute approximate surface area is 178 Å². The highest BCUT2D eigenvalue weighted by Crippen LogP contribution is 2.20. The van der Waals surface area contributed by atoms with E-state index in [0.717, 1.165) is 12.8 Å². The number of unbranched alkanes of at least 4 members (excludes halogenated alkanes) is 1. The van der Waals surface area contributed by atoms with Crippen molar-refractivity contribution in [3.63, 3.8) is 0 Å². The fourth-order valence-electron chi connectivity index (χ4n) is 2.35. The van der Waals surface area contributed by atoms with Crippen molar-refractivity contribution >= 4 is 29.0 Å². The summed E-state index contributed by atoms with van der Waals surface area (Å²) in [5.74, 6) is -2.20. The lowest BCUT2D eigenvalue weighted by molar-refractivity contribution is -0.146. The minimum absolute atomic E-state index is 0.366. The molecule has 1 aromatic heterocycles. The van der Waals surface area contributed by atoms with Gasteiger partial charge in [-0.2, -0.15) is 5.26 Å². The molecule has 1 aromatic carbocycles. The van der Waals surface area contributed by atoms with Crippen molar-refractivity contribution < 1.29 is 23.9 Å². The summed E-state index contributed by atoms with van der Waals surface area (Å²) in [7, 11) is 0. The van der Waals surface area contributed by atoms with Crippen molar-refractivity contribution in [1.29, 1.82) is 5.26 Å². The second kappa shape index (κ2) is 11.7. The van der Waals surface area contributed by atoms with E-state index in [1.165, 1.54) is 11.3 Å². The second-order valence-corrected chi connectivity index (χ2v) is 7.31. The van der Waals surface area contributed by atoms with E-state index in [-0.39, 0.29) is 0 Å². The maximum Gasteiger partial charge on any atom is 0.325 e. The van der Waals surface area contributed by atoms with Gasteiger partial charge in [0.25, 0.3) is 5.91 Å². The zero-order chi connectivity index (χ0) is 21.9. The summed E-state index contributed by atoms with van der Waals surface area (Å²) in [4.78, 5) is 40.2. The van der Waals surface area contributed by atoms with Gasteiger partial charge in [0.2, 0.25) is 0 Å². The van der Waals surface area contributed by atoms with Crippen LogP contribution in [0, 0.1) is 18.3 Å². The Kier molecular flexibility index (Phi) is 8.97. The van der Waals surface area contributed by atoms with Crippen LogP contribution in [0.4, 0.5) is 0 Å². The summed E-state index contributed by atoms with van der Waals surface area (Å²) in [5, 5.41) is 13.7. The average molecular weight is 429 g/mol. The predicted molar refractivity (Wildman–Crippen MR) is 110 cm³/mol. The number of carbonyl (C=O) groups excluding carboxylic acids is 3. The lowest BCUT2D eigenvalue weighted by Gasteiger charge is -2.09. The summed E-state index contributed by atoms with van der Waals surface area (Å²) < 4.78 is 10.4. The first kappa shape index (κ1) is 23.0. The van der Waals surface area contributed by atoms with E-state index in [2.05, 4.69) is 17.2 Å².